The lowest BCUT2D eigenvalue weighted by atomic mass is 9.83. The first-order valence-corrected chi connectivity index (χ1v) is 18.2. The van der Waals surface area contributed by atoms with Gasteiger partial charge < -0.3 is 0 Å². The highest BCUT2D eigenvalue weighted by Gasteiger charge is 2.24. The standard InChI is InChI=1S/C51H33N/c1-31-16-18-32(19-17-31)36-20-21-37-29-49(52-48(37)28-36)47-30-46(41-15-7-11-34-9-3-5-13-39(34)41)44-27-26-43-42(24-22-35-23-25-45(47)51(44)50(35)43)40-14-6-10-33-8-2-4-12-38(33)40/h2-28,30H,29H2,1H3. The summed E-state index contributed by atoms with van der Waals surface area (Å²) < 4.78 is 0. The fourth-order valence-electron chi connectivity index (χ4n) is 8.78. The number of rotatable bonds is 4. The molecular formula is C51H33N. The number of aliphatic imine (C=N–C) groups is 1. The van der Waals surface area contributed by atoms with E-state index in [0.29, 0.717) is 0 Å². The first-order valence-electron chi connectivity index (χ1n) is 18.2. The van der Waals surface area contributed by atoms with E-state index in [-0.39, 0.29) is 0 Å². The summed E-state index contributed by atoms with van der Waals surface area (Å²) in [5, 5.41) is 12.8. The van der Waals surface area contributed by atoms with Crippen LogP contribution in [0, 0.1) is 6.92 Å². The first-order chi connectivity index (χ1) is 25.7. The lowest BCUT2D eigenvalue weighted by Crippen LogP contribution is -2.03. The van der Waals surface area contributed by atoms with Gasteiger partial charge in [-0.25, -0.2) is 0 Å². The molecule has 0 bridgehead atoms. The van der Waals surface area contributed by atoms with Crippen molar-refractivity contribution in [3.8, 4) is 33.4 Å². The Labute approximate surface area is 302 Å². The predicted molar refractivity (Wildman–Crippen MR) is 223 cm³/mol. The van der Waals surface area contributed by atoms with Crippen LogP contribution in [-0.2, 0) is 6.42 Å². The number of benzene rings is 10. The lowest BCUT2D eigenvalue weighted by molar-refractivity contribution is 1.39. The zero-order valence-corrected chi connectivity index (χ0v) is 28.8. The van der Waals surface area contributed by atoms with Crippen LogP contribution in [0.2, 0.25) is 0 Å². The largest absolute Gasteiger partial charge is 0.252 e. The number of aryl methyl sites for hydroxylation is 1. The van der Waals surface area contributed by atoms with E-state index in [9.17, 15) is 0 Å². The quantitative estimate of drug-likeness (QED) is 0.167. The zero-order chi connectivity index (χ0) is 34.3. The summed E-state index contributed by atoms with van der Waals surface area (Å²) in [5.74, 6) is 0. The predicted octanol–water partition coefficient (Wildman–Crippen LogP) is 13.9. The molecule has 10 aromatic rings. The van der Waals surface area contributed by atoms with Gasteiger partial charge in [0.05, 0.1) is 11.4 Å². The van der Waals surface area contributed by atoms with Crippen molar-refractivity contribution < 1.29 is 0 Å². The molecule has 1 heterocycles. The summed E-state index contributed by atoms with van der Waals surface area (Å²) in [6.07, 6.45) is 0.809. The van der Waals surface area contributed by atoms with E-state index in [1.165, 1.54) is 104 Å². The topological polar surface area (TPSA) is 12.4 Å². The molecule has 10 aromatic carbocycles. The fourth-order valence-corrected chi connectivity index (χ4v) is 8.78. The maximum atomic E-state index is 5.42. The summed E-state index contributed by atoms with van der Waals surface area (Å²) in [6.45, 7) is 2.14. The fraction of sp³-hybridized carbons (Fsp3) is 0.0392. The van der Waals surface area contributed by atoms with Gasteiger partial charge in [-0.1, -0.05) is 163 Å². The van der Waals surface area contributed by atoms with Gasteiger partial charge in [-0.05, 0) is 112 Å². The molecule has 0 aromatic heterocycles. The second kappa shape index (κ2) is 11.2. The van der Waals surface area contributed by atoms with Crippen LogP contribution in [0.25, 0.3) is 87.2 Å². The van der Waals surface area contributed by atoms with Crippen LogP contribution in [0.3, 0.4) is 0 Å². The molecule has 242 valence electrons. The van der Waals surface area contributed by atoms with Crippen LogP contribution in [0.4, 0.5) is 5.69 Å². The van der Waals surface area contributed by atoms with E-state index in [4.69, 9.17) is 4.99 Å². The Bertz CT molecular complexity index is 3080. The Kier molecular flexibility index (Phi) is 6.30. The van der Waals surface area contributed by atoms with Crippen molar-refractivity contribution in [2.24, 2.45) is 4.99 Å². The summed E-state index contributed by atoms with van der Waals surface area (Å²) in [6, 6.07) is 62.9. The van der Waals surface area contributed by atoms with E-state index >= 15 is 0 Å². The Morgan fingerprint density at radius 2 is 0.962 bits per heavy atom. The third-order valence-electron chi connectivity index (χ3n) is 11.3. The van der Waals surface area contributed by atoms with Gasteiger partial charge in [0.1, 0.15) is 0 Å². The molecule has 0 fully saturated rings. The molecule has 1 aliphatic heterocycles. The number of nitrogens with zero attached hydrogens (tertiary/aromatic N) is 1. The summed E-state index contributed by atoms with van der Waals surface area (Å²) >= 11 is 0. The third-order valence-corrected chi connectivity index (χ3v) is 11.3. The summed E-state index contributed by atoms with van der Waals surface area (Å²) in [7, 11) is 0. The highest BCUT2D eigenvalue weighted by atomic mass is 14.8. The van der Waals surface area contributed by atoms with Crippen molar-refractivity contribution in [1.82, 2.24) is 0 Å². The Hall–Kier alpha value is -6.57. The third kappa shape index (κ3) is 4.39. The zero-order valence-electron chi connectivity index (χ0n) is 28.8. The van der Waals surface area contributed by atoms with E-state index in [0.717, 1.165) is 17.8 Å². The van der Waals surface area contributed by atoms with Crippen LogP contribution < -0.4 is 0 Å². The average molecular weight is 660 g/mol. The first kappa shape index (κ1) is 29.2. The summed E-state index contributed by atoms with van der Waals surface area (Å²) in [5.41, 5.74) is 13.4. The molecule has 1 heteroatoms. The van der Waals surface area contributed by atoms with Crippen molar-refractivity contribution in [3.63, 3.8) is 0 Å². The minimum absolute atomic E-state index is 0.809. The number of hydrogen-bond acceptors (Lipinski definition) is 1. The van der Waals surface area contributed by atoms with Gasteiger partial charge in [0.2, 0.25) is 0 Å². The summed E-state index contributed by atoms with van der Waals surface area (Å²) in [4.78, 5) is 5.42. The molecule has 0 radical (unpaired) electrons. The lowest BCUT2D eigenvalue weighted by Gasteiger charge is -2.20. The van der Waals surface area contributed by atoms with Crippen LogP contribution in [0.1, 0.15) is 16.7 Å². The molecular weight excluding hydrogens is 627 g/mol. The Morgan fingerprint density at radius 1 is 0.385 bits per heavy atom. The van der Waals surface area contributed by atoms with E-state index < -0.39 is 0 Å². The molecule has 0 unspecified atom stereocenters. The van der Waals surface area contributed by atoms with Gasteiger partial charge >= 0.3 is 0 Å². The Morgan fingerprint density at radius 3 is 1.71 bits per heavy atom. The normalized spacial score (nSPS) is 12.8. The molecule has 0 amide bonds. The molecule has 0 saturated heterocycles. The molecule has 0 atom stereocenters. The molecule has 0 saturated carbocycles. The maximum Gasteiger partial charge on any atom is 0.0675 e. The van der Waals surface area contributed by atoms with Crippen molar-refractivity contribution in [3.05, 3.63) is 187 Å². The van der Waals surface area contributed by atoms with Gasteiger partial charge in [-0.2, -0.15) is 0 Å². The number of fused-ring (bicyclic) bond motifs is 3. The van der Waals surface area contributed by atoms with Gasteiger partial charge in [-0.15, -0.1) is 0 Å². The molecule has 0 spiro atoms. The van der Waals surface area contributed by atoms with E-state index in [1.807, 2.05) is 0 Å². The van der Waals surface area contributed by atoms with Gasteiger partial charge in [-0.3, -0.25) is 4.99 Å². The van der Waals surface area contributed by atoms with Crippen LogP contribution in [0.5, 0.6) is 0 Å². The molecule has 1 aliphatic rings. The van der Waals surface area contributed by atoms with Gasteiger partial charge in [0.15, 0.2) is 0 Å². The smallest absolute Gasteiger partial charge is 0.0675 e. The maximum absolute atomic E-state index is 5.42. The van der Waals surface area contributed by atoms with Crippen LogP contribution >= 0.6 is 0 Å². The van der Waals surface area contributed by atoms with E-state index in [1.54, 1.807) is 0 Å². The Balaban J connectivity index is 1.20. The molecule has 52 heavy (non-hydrogen) atoms. The molecule has 0 N–H and O–H groups in total. The molecule has 11 rings (SSSR count). The monoisotopic (exact) mass is 659 g/mol. The highest BCUT2D eigenvalue weighted by Crippen LogP contribution is 2.46. The molecule has 1 nitrogen and oxygen atoms in total. The average Bonchev–Trinajstić information content (AvgIpc) is 3.63. The van der Waals surface area contributed by atoms with Crippen molar-refractivity contribution >= 4 is 65.3 Å². The number of hydrogen-bond donors (Lipinski definition) is 0. The highest BCUT2D eigenvalue weighted by molar-refractivity contribution is 6.32. The second-order valence-electron chi connectivity index (χ2n) is 14.3. The second-order valence-corrected chi connectivity index (χ2v) is 14.3. The van der Waals surface area contributed by atoms with Crippen molar-refractivity contribution in [2.45, 2.75) is 13.3 Å². The van der Waals surface area contributed by atoms with E-state index in [2.05, 4.69) is 177 Å². The SMILES string of the molecule is Cc1ccc(-c2ccc3c(c2)N=C(c2cc(-c4cccc5ccccc45)c4ccc5c(-c6cccc7ccccc67)ccc6ccc2c4c65)C3)cc1. The van der Waals surface area contributed by atoms with Crippen molar-refractivity contribution in [1.29, 1.82) is 0 Å². The van der Waals surface area contributed by atoms with Crippen LogP contribution in [0.15, 0.2) is 175 Å². The minimum Gasteiger partial charge on any atom is -0.252 e. The molecule has 0 aliphatic carbocycles. The van der Waals surface area contributed by atoms with Crippen LogP contribution in [-0.4, -0.2) is 5.71 Å². The minimum atomic E-state index is 0.809. The van der Waals surface area contributed by atoms with Gasteiger partial charge in [0.25, 0.3) is 0 Å². The van der Waals surface area contributed by atoms with Crippen molar-refractivity contribution in [2.75, 3.05) is 0 Å². The van der Waals surface area contributed by atoms with Gasteiger partial charge in [0, 0.05) is 12.0 Å².